The van der Waals surface area contributed by atoms with E-state index in [9.17, 15) is 4.79 Å². The number of benzene rings is 3. The Morgan fingerprint density at radius 2 is 1.77 bits per heavy atom. The molecule has 0 fully saturated rings. The van der Waals surface area contributed by atoms with Crippen LogP contribution in [-0.2, 0) is 0 Å². The summed E-state index contributed by atoms with van der Waals surface area (Å²) in [6.07, 6.45) is 0. The zero-order chi connectivity index (χ0) is 21.1. The Hall–Kier alpha value is -3.60. The van der Waals surface area contributed by atoms with Crippen LogP contribution >= 0.6 is 0 Å². The van der Waals surface area contributed by atoms with Gasteiger partial charge in [0, 0.05) is 16.8 Å². The standard InChI is InChI=1S/C25H24N2O3/c1-4-29-21-12-7-17(8-13-21)24(28)26-20-10-5-18(6-11-20)25-27-22-15-19(16(2)3)9-14-23(22)30-25/h5-16H,4H2,1-3H3,(H,26,28). The smallest absolute Gasteiger partial charge is 0.255 e. The summed E-state index contributed by atoms with van der Waals surface area (Å²) < 4.78 is 11.3. The van der Waals surface area contributed by atoms with E-state index in [4.69, 9.17) is 9.15 Å². The van der Waals surface area contributed by atoms with Crippen molar-refractivity contribution in [2.45, 2.75) is 26.7 Å². The Labute approximate surface area is 175 Å². The van der Waals surface area contributed by atoms with E-state index < -0.39 is 0 Å². The maximum atomic E-state index is 12.5. The van der Waals surface area contributed by atoms with E-state index in [1.807, 2.05) is 37.3 Å². The van der Waals surface area contributed by atoms with Gasteiger partial charge >= 0.3 is 0 Å². The summed E-state index contributed by atoms with van der Waals surface area (Å²) in [5, 5.41) is 2.90. The van der Waals surface area contributed by atoms with Crippen molar-refractivity contribution in [2.24, 2.45) is 0 Å². The van der Waals surface area contributed by atoms with Crippen LogP contribution in [0, 0.1) is 0 Å². The normalized spacial score (nSPS) is 11.1. The third kappa shape index (κ3) is 4.20. The molecular weight excluding hydrogens is 376 g/mol. The maximum absolute atomic E-state index is 12.5. The predicted octanol–water partition coefficient (Wildman–Crippen LogP) is 6.27. The monoisotopic (exact) mass is 400 g/mol. The number of oxazole rings is 1. The van der Waals surface area contributed by atoms with Crippen LogP contribution in [0.25, 0.3) is 22.6 Å². The summed E-state index contributed by atoms with van der Waals surface area (Å²) >= 11 is 0. The van der Waals surface area contributed by atoms with Gasteiger partial charge in [-0.05, 0) is 79.1 Å². The van der Waals surface area contributed by atoms with Gasteiger partial charge in [-0.25, -0.2) is 4.98 Å². The van der Waals surface area contributed by atoms with E-state index in [-0.39, 0.29) is 5.91 Å². The van der Waals surface area contributed by atoms with Crippen LogP contribution in [0.2, 0.25) is 0 Å². The fourth-order valence-electron chi connectivity index (χ4n) is 3.20. The topological polar surface area (TPSA) is 64.4 Å². The zero-order valence-electron chi connectivity index (χ0n) is 17.3. The molecule has 4 rings (SSSR count). The molecule has 1 amide bonds. The maximum Gasteiger partial charge on any atom is 0.255 e. The second-order valence-electron chi connectivity index (χ2n) is 7.39. The number of nitrogens with zero attached hydrogens (tertiary/aromatic N) is 1. The van der Waals surface area contributed by atoms with Gasteiger partial charge in [0.15, 0.2) is 5.58 Å². The highest BCUT2D eigenvalue weighted by molar-refractivity contribution is 6.04. The highest BCUT2D eigenvalue weighted by Crippen LogP contribution is 2.27. The van der Waals surface area contributed by atoms with Gasteiger partial charge in [-0.1, -0.05) is 19.9 Å². The van der Waals surface area contributed by atoms with Crippen LogP contribution in [0.5, 0.6) is 5.75 Å². The number of carbonyl (C=O) groups excluding carboxylic acids is 1. The van der Waals surface area contributed by atoms with E-state index in [1.165, 1.54) is 5.56 Å². The van der Waals surface area contributed by atoms with Crippen molar-refractivity contribution in [3.63, 3.8) is 0 Å². The van der Waals surface area contributed by atoms with Crippen molar-refractivity contribution in [3.05, 3.63) is 77.9 Å². The number of anilines is 1. The van der Waals surface area contributed by atoms with Gasteiger partial charge in [-0.15, -0.1) is 0 Å². The van der Waals surface area contributed by atoms with E-state index >= 15 is 0 Å². The number of hydrogen-bond acceptors (Lipinski definition) is 4. The highest BCUT2D eigenvalue weighted by Gasteiger charge is 2.11. The molecule has 152 valence electrons. The van der Waals surface area contributed by atoms with E-state index in [0.29, 0.717) is 29.7 Å². The van der Waals surface area contributed by atoms with Gasteiger partial charge in [-0.3, -0.25) is 4.79 Å². The number of fused-ring (bicyclic) bond motifs is 1. The van der Waals surface area contributed by atoms with Crippen molar-refractivity contribution < 1.29 is 13.9 Å². The Morgan fingerprint density at radius 1 is 1.03 bits per heavy atom. The molecule has 1 heterocycles. The molecule has 0 bridgehead atoms. The first-order valence-corrected chi connectivity index (χ1v) is 10.1. The fourth-order valence-corrected chi connectivity index (χ4v) is 3.20. The lowest BCUT2D eigenvalue weighted by Crippen LogP contribution is -2.11. The average molecular weight is 400 g/mol. The molecule has 0 saturated carbocycles. The molecule has 4 aromatic rings. The lowest BCUT2D eigenvalue weighted by molar-refractivity contribution is 0.102. The fraction of sp³-hybridized carbons (Fsp3) is 0.200. The average Bonchev–Trinajstić information content (AvgIpc) is 3.18. The molecule has 0 aliphatic rings. The van der Waals surface area contributed by atoms with Crippen molar-refractivity contribution >= 4 is 22.7 Å². The van der Waals surface area contributed by atoms with Crippen molar-refractivity contribution in [1.29, 1.82) is 0 Å². The molecule has 0 saturated heterocycles. The van der Waals surface area contributed by atoms with Gasteiger partial charge in [-0.2, -0.15) is 0 Å². The molecule has 1 N–H and O–H groups in total. The highest BCUT2D eigenvalue weighted by atomic mass is 16.5. The summed E-state index contributed by atoms with van der Waals surface area (Å²) in [6.45, 7) is 6.83. The summed E-state index contributed by atoms with van der Waals surface area (Å²) in [7, 11) is 0. The Kier molecular flexibility index (Phi) is 5.53. The van der Waals surface area contributed by atoms with Gasteiger partial charge in [0.25, 0.3) is 5.91 Å². The summed E-state index contributed by atoms with van der Waals surface area (Å²) in [4.78, 5) is 17.1. The van der Waals surface area contributed by atoms with Gasteiger partial charge in [0.2, 0.25) is 5.89 Å². The number of rotatable bonds is 6. The summed E-state index contributed by atoms with van der Waals surface area (Å²) in [5.41, 5.74) is 4.98. The number of nitrogens with one attached hydrogen (secondary N) is 1. The molecule has 5 heteroatoms. The van der Waals surface area contributed by atoms with Crippen molar-refractivity contribution in [3.8, 4) is 17.2 Å². The van der Waals surface area contributed by atoms with Gasteiger partial charge in [0.1, 0.15) is 11.3 Å². The number of hydrogen-bond donors (Lipinski definition) is 1. The van der Waals surface area contributed by atoms with E-state index in [0.717, 1.165) is 22.4 Å². The Balaban J connectivity index is 1.48. The minimum atomic E-state index is -0.172. The first kappa shape index (κ1) is 19.7. The molecule has 1 aromatic heterocycles. The molecule has 0 aliphatic carbocycles. The Morgan fingerprint density at radius 3 is 2.43 bits per heavy atom. The second-order valence-corrected chi connectivity index (χ2v) is 7.39. The predicted molar refractivity (Wildman–Crippen MR) is 119 cm³/mol. The molecule has 30 heavy (non-hydrogen) atoms. The minimum absolute atomic E-state index is 0.172. The molecule has 0 aliphatic heterocycles. The second kappa shape index (κ2) is 8.41. The van der Waals surface area contributed by atoms with Crippen LogP contribution in [0.3, 0.4) is 0 Å². The summed E-state index contributed by atoms with van der Waals surface area (Å²) in [6, 6.07) is 20.7. The van der Waals surface area contributed by atoms with Crippen molar-refractivity contribution in [1.82, 2.24) is 4.98 Å². The molecule has 0 unspecified atom stereocenters. The molecule has 0 radical (unpaired) electrons. The van der Waals surface area contributed by atoms with Gasteiger partial charge < -0.3 is 14.5 Å². The van der Waals surface area contributed by atoms with Crippen molar-refractivity contribution in [2.75, 3.05) is 11.9 Å². The lowest BCUT2D eigenvalue weighted by Gasteiger charge is -2.07. The molecule has 0 spiro atoms. The number of aromatic nitrogens is 1. The van der Waals surface area contributed by atoms with Crippen LogP contribution in [0.1, 0.15) is 42.6 Å². The lowest BCUT2D eigenvalue weighted by atomic mass is 10.0. The molecule has 0 atom stereocenters. The van der Waals surface area contributed by atoms with E-state index in [2.05, 4.69) is 36.3 Å². The van der Waals surface area contributed by atoms with Crippen LogP contribution in [0.15, 0.2) is 71.1 Å². The van der Waals surface area contributed by atoms with Gasteiger partial charge in [0.05, 0.1) is 6.61 Å². The first-order chi connectivity index (χ1) is 14.5. The third-order valence-electron chi connectivity index (χ3n) is 4.90. The molecule has 3 aromatic carbocycles. The molecular formula is C25H24N2O3. The van der Waals surface area contributed by atoms with Crippen LogP contribution in [-0.4, -0.2) is 17.5 Å². The van der Waals surface area contributed by atoms with E-state index in [1.54, 1.807) is 24.3 Å². The number of amides is 1. The quantitative estimate of drug-likeness (QED) is 0.414. The summed E-state index contributed by atoms with van der Waals surface area (Å²) in [5.74, 6) is 1.58. The number of ether oxygens (including phenoxy) is 1. The minimum Gasteiger partial charge on any atom is -0.494 e. The Bertz CT molecular complexity index is 1160. The van der Waals surface area contributed by atoms with Crippen LogP contribution in [0.4, 0.5) is 5.69 Å². The van der Waals surface area contributed by atoms with Crippen LogP contribution < -0.4 is 10.1 Å². The SMILES string of the molecule is CCOc1ccc(C(=O)Nc2ccc(-c3nc4cc(C(C)C)ccc4o3)cc2)cc1. The zero-order valence-corrected chi connectivity index (χ0v) is 17.3. The number of carbonyl (C=O) groups is 1. The molecule has 5 nitrogen and oxygen atoms in total. The first-order valence-electron chi connectivity index (χ1n) is 10.1. The largest absolute Gasteiger partial charge is 0.494 e. The third-order valence-corrected chi connectivity index (χ3v) is 4.90.